The van der Waals surface area contributed by atoms with Crippen molar-refractivity contribution < 1.29 is 4.79 Å². The summed E-state index contributed by atoms with van der Waals surface area (Å²) in [5, 5.41) is 0. The molecule has 0 aliphatic heterocycles. The monoisotopic (exact) mass is 161 g/mol. The van der Waals surface area contributed by atoms with Gasteiger partial charge in [0.25, 0.3) is 0 Å². The quantitative estimate of drug-likeness (QED) is 0.341. The van der Waals surface area contributed by atoms with Gasteiger partial charge in [-0.05, 0) is 12.8 Å². The summed E-state index contributed by atoms with van der Waals surface area (Å²) in [7, 11) is 0. The van der Waals surface area contributed by atoms with Gasteiger partial charge in [0.2, 0.25) is 6.41 Å². The third-order valence-electron chi connectivity index (χ3n) is 1.17. The lowest BCUT2D eigenvalue weighted by Gasteiger charge is -2.13. The lowest BCUT2D eigenvalue weighted by atomic mass is 10.4. The van der Waals surface area contributed by atoms with Crippen molar-refractivity contribution in [2.24, 2.45) is 11.7 Å². The number of nitrogens with two attached hydrogens (primary N) is 2. The van der Waals surface area contributed by atoms with Crippen LogP contribution in [0.4, 0.5) is 0 Å². The molecule has 0 aromatic heterocycles. The van der Waals surface area contributed by atoms with Crippen LogP contribution in [0, 0.1) is 0 Å². The molecule has 0 aromatic rings. The SMILES string of the molecule is CCCN(C=O)CCC.NN. The first-order valence-corrected chi connectivity index (χ1v) is 3.87. The standard InChI is InChI=1S/C7H15NO.H4N2/c1-3-5-8(7-9)6-4-2;1-2/h7H,3-6H2,1-2H3;1-2H2. The molecule has 0 unspecified atom stereocenters. The molecule has 11 heavy (non-hydrogen) atoms. The highest BCUT2D eigenvalue weighted by molar-refractivity contribution is 5.46. The summed E-state index contributed by atoms with van der Waals surface area (Å²) < 4.78 is 0. The molecule has 0 radical (unpaired) electrons. The molecular weight excluding hydrogens is 142 g/mol. The second-order valence-electron chi connectivity index (χ2n) is 2.14. The maximum atomic E-state index is 10.2. The lowest BCUT2D eigenvalue weighted by Crippen LogP contribution is -2.23. The zero-order chi connectivity index (χ0) is 9.11. The van der Waals surface area contributed by atoms with Crippen LogP contribution in [0.5, 0.6) is 0 Å². The lowest BCUT2D eigenvalue weighted by molar-refractivity contribution is -0.118. The number of amides is 1. The maximum Gasteiger partial charge on any atom is 0.209 e. The third kappa shape index (κ3) is 9.39. The highest BCUT2D eigenvalue weighted by atomic mass is 16.1. The number of hydrazine groups is 1. The Bertz CT molecular complexity index is 72.1. The van der Waals surface area contributed by atoms with E-state index in [2.05, 4.69) is 25.5 Å². The number of carbonyl (C=O) groups is 1. The third-order valence-corrected chi connectivity index (χ3v) is 1.17. The van der Waals surface area contributed by atoms with Crippen LogP contribution in [0.3, 0.4) is 0 Å². The molecule has 4 N–H and O–H groups in total. The fraction of sp³-hybridized carbons (Fsp3) is 0.857. The molecule has 0 spiro atoms. The van der Waals surface area contributed by atoms with Gasteiger partial charge in [-0.15, -0.1) is 0 Å². The second kappa shape index (κ2) is 12.1. The number of nitrogens with zero attached hydrogens (tertiary/aromatic N) is 1. The van der Waals surface area contributed by atoms with Gasteiger partial charge in [0.05, 0.1) is 0 Å². The van der Waals surface area contributed by atoms with Crippen molar-refractivity contribution in [2.45, 2.75) is 26.7 Å². The Labute approximate surface area is 68.5 Å². The fourth-order valence-electron chi connectivity index (χ4n) is 0.792. The van der Waals surface area contributed by atoms with Crippen LogP contribution in [0.15, 0.2) is 0 Å². The average molecular weight is 161 g/mol. The summed E-state index contributed by atoms with van der Waals surface area (Å²) >= 11 is 0. The highest BCUT2D eigenvalue weighted by Crippen LogP contribution is 1.88. The van der Waals surface area contributed by atoms with E-state index in [0.29, 0.717) is 0 Å². The molecule has 4 nitrogen and oxygen atoms in total. The molecule has 0 fully saturated rings. The van der Waals surface area contributed by atoms with Gasteiger partial charge in [0.15, 0.2) is 0 Å². The van der Waals surface area contributed by atoms with Gasteiger partial charge in [-0.25, -0.2) is 0 Å². The Balaban J connectivity index is 0. The first-order chi connectivity index (χ1) is 5.35. The van der Waals surface area contributed by atoms with E-state index in [-0.39, 0.29) is 0 Å². The molecule has 0 saturated heterocycles. The summed E-state index contributed by atoms with van der Waals surface area (Å²) in [6.07, 6.45) is 3.03. The molecule has 68 valence electrons. The van der Waals surface area contributed by atoms with Crippen LogP contribution in [-0.2, 0) is 4.79 Å². The Kier molecular flexibility index (Phi) is 14.3. The van der Waals surface area contributed by atoms with Crippen LogP contribution in [-0.4, -0.2) is 24.4 Å². The first-order valence-electron chi connectivity index (χ1n) is 3.87. The second-order valence-corrected chi connectivity index (χ2v) is 2.14. The zero-order valence-electron chi connectivity index (χ0n) is 7.42. The van der Waals surface area contributed by atoms with Crippen LogP contribution < -0.4 is 11.7 Å². The van der Waals surface area contributed by atoms with E-state index in [4.69, 9.17) is 0 Å². The van der Waals surface area contributed by atoms with E-state index in [9.17, 15) is 4.79 Å². The molecule has 0 saturated carbocycles. The number of rotatable bonds is 5. The van der Waals surface area contributed by atoms with Crippen LogP contribution in [0.1, 0.15) is 26.7 Å². The van der Waals surface area contributed by atoms with Gasteiger partial charge in [-0.3, -0.25) is 16.5 Å². The predicted molar refractivity (Wildman–Crippen MR) is 46.6 cm³/mol. The first kappa shape index (κ1) is 13.0. The van der Waals surface area contributed by atoms with Gasteiger partial charge in [-0.1, -0.05) is 13.8 Å². The average Bonchev–Trinajstić information content (AvgIpc) is 2.08. The van der Waals surface area contributed by atoms with Gasteiger partial charge < -0.3 is 4.90 Å². The zero-order valence-corrected chi connectivity index (χ0v) is 7.42. The minimum Gasteiger partial charge on any atom is -0.345 e. The topological polar surface area (TPSA) is 72.3 Å². The van der Waals surface area contributed by atoms with Crippen molar-refractivity contribution in [3.05, 3.63) is 0 Å². The van der Waals surface area contributed by atoms with Crippen molar-refractivity contribution in [3.63, 3.8) is 0 Å². The van der Waals surface area contributed by atoms with E-state index in [1.54, 1.807) is 4.90 Å². The smallest absolute Gasteiger partial charge is 0.209 e. The van der Waals surface area contributed by atoms with Gasteiger partial charge in [0.1, 0.15) is 0 Å². The molecule has 0 aliphatic carbocycles. The van der Waals surface area contributed by atoms with Gasteiger partial charge in [-0.2, -0.15) is 0 Å². The Morgan fingerprint density at radius 1 is 1.18 bits per heavy atom. The molecule has 0 atom stereocenters. The highest BCUT2D eigenvalue weighted by Gasteiger charge is 1.94. The van der Waals surface area contributed by atoms with E-state index in [1.165, 1.54) is 0 Å². The molecule has 0 rings (SSSR count). The maximum absolute atomic E-state index is 10.2. The normalized spacial score (nSPS) is 8.00. The van der Waals surface area contributed by atoms with E-state index in [1.807, 2.05) is 0 Å². The minimum atomic E-state index is 0.900. The Morgan fingerprint density at radius 3 is 1.73 bits per heavy atom. The van der Waals surface area contributed by atoms with Gasteiger partial charge in [0, 0.05) is 13.1 Å². The molecular formula is C7H19N3O. The van der Waals surface area contributed by atoms with Crippen LogP contribution >= 0.6 is 0 Å². The largest absolute Gasteiger partial charge is 0.345 e. The number of carbonyl (C=O) groups excluding carboxylic acids is 1. The molecule has 1 amide bonds. The summed E-state index contributed by atoms with van der Waals surface area (Å²) in [5.41, 5.74) is 0. The number of hydrogen-bond acceptors (Lipinski definition) is 3. The molecule has 0 aliphatic rings. The molecule has 0 bridgehead atoms. The fourth-order valence-corrected chi connectivity index (χ4v) is 0.792. The van der Waals surface area contributed by atoms with Crippen molar-refractivity contribution >= 4 is 6.41 Å². The van der Waals surface area contributed by atoms with Crippen molar-refractivity contribution in [2.75, 3.05) is 13.1 Å². The molecule has 0 aromatic carbocycles. The van der Waals surface area contributed by atoms with Crippen molar-refractivity contribution in [1.82, 2.24) is 4.90 Å². The van der Waals surface area contributed by atoms with Crippen molar-refractivity contribution in [1.29, 1.82) is 0 Å². The van der Waals surface area contributed by atoms with Crippen LogP contribution in [0.25, 0.3) is 0 Å². The van der Waals surface area contributed by atoms with Crippen LogP contribution in [0.2, 0.25) is 0 Å². The Morgan fingerprint density at radius 2 is 1.55 bits per heavy atom. The van der Waals surface area contributed by atoms with E-state index in [0.717, 1.165) is 32.3 Å². The number of hydrogen-bond donors (Lipinski definition) is 2. The molecule has 4 heteroatoms. The minimum absolute atomic E-state index is 0.900. The van der Waals surface area contributed by atoms with Gasteiger partial charge >= 0.3 is 0 Å². The summed E-state index contributed by atoms with van der Waals surface area (Å²) in [4.78, 5) is 12.0. The summed E-state index contributed by atoms with van der Waals surface area (Å²) in [5.74, 6) is 8.00. The Hall–Kier alpha value is -0.610. The predicted octanol–water partition coefficient (Wildman–Crippen LogP) is 0.0836. The summed E-state index contributed by atoms with van der Waals surface area (Å²) in [6.45, 7) is 5.95. The molecule has 0 heterocycles. The van der Waals surface area contributed by atoms with Crippen molar-refractivity contribution in [3.8, 4) is 0 Å². The van der Waals surface area contributed by atoms with E-state index >= 15 is 0 Å². The van der Waals surface area contributed by atoms with E-state index < -0.39 is 0 Å². The summed E-state index contributed by atoms with van der Waals surface area (Å²) in [6, 6.07) is 0.